The molecule has 0 aliphatic carbocycles. The third kappa shape index (κ3) is 4.97. The van der Waals surface area contributed by atoms with E-state index in [-0.39, 0.29) is 30.5 Å². The van der Waals surface area contributed by atoms with E-state index in [1.165, 1.54) is 18.2 Å². The van der Waals surface area contributed by atoms with Crippen molar-refractivity contribution in [1.82, 2.24) is 9.36 Å². The van der Waals surface area contributed by atoms with Gasteiger partial charge in [0.1, 0.15) is 5.75 Å². The van der Waals surface area contributed by atoms with Crippen LogP contribution in [0.5, 0.6) is 23.0 Å². The molecule has 1 aliphatic rings. The number of benzene rings is 3. The number of aromatic hydroxyl groups is 1. The number of hydrogen-bond donors (Lipinski definition) is 3. The largest absolute Gasteiger partial charge is 0.508 e. The molecule has 3 N–H and O–H groups in total. The molecule has 1 aromatic heterocycles. The summed E-state index contributed by atoms with van der Waals surface area (Å²) in [5, 5.41) is 22.3. The summed E-state index contributed by atoms with van der Waals surface area (Å²) in [6.07, 6.45) is 2.77. The molecular formula is C28H25N3O7. The number of carbonyl (C=O) groups excluding carboxylic acids is 1. The van der Waals surface area contributed by atoms with Gasteiger partial charge in [0.25, 0.3) is 5.56 Å². The van der Waals surface area contributed by atoms with E-state index >= 15 is 0 Å². The van der Waals surface area contributed by atoms with Crippen molar-refractivity contribution in [1.29, 1.82) is 0 Å². The topological polar surface area (TPSA) is 124 Å². The summed E-state index contributed by atoms with van der Waals surface area (Å²) in [7, 11) is 1.82. The number of rotatable bonds is 7. The Balaban J connectivity index is 1.37. The maximum atomic E-state index is 12.6. The van der Waals surface area contributed by atoms with Crippen molar-refractivity contribution in [3.63, 3.8) is 0 Å². The molecule has 194 valence electrons. The highest BCUT2D eigenvalue weighted by Crippen LogP contribution is 2.42. The van der Waals surface area contributed by atoms with E-state index in [4.69, 9.17) is 14.2 Å². The van der Waals surface area contributed by atoms with Gasteiger partial charge in [-0.2, -0.15) is 0 Å². The Kier molecular flexibility index (Phi) is 6.63. The molecule has 10 heteroatoms. The first-order valence-electron chi connectivity index (χ1n) is 11.7. The summed E-state index contributed by atoms with van der Waals surface area (Å²) in [5.74, 6) is 0.513. The summed E-state index contributed by atoms with van der Waals surface area (Å²) in [4.78, 5) is 24.9. The average molecular weight is 516 g/mol. The summed E-state index contributed by atoms with van der Waals surface area (Å²) in [5.41, 5.74) is 3.56. The number of nitrogens with one attached hydrogen (secondary N) is 1. The number of hydrogen-bond acceptors (Lipinski definition) is 8. The first-order chi connectivity index (χ1) is 18.3. The highest BCUT2D eigenvalue weighted by Gasteiger charge is 2.20. The van der Waals surface area contributed by atoms with E-state index < -0.39 is 5.97 Å². The maximum Gasteiger partial charge on any atom is 0.336 e. The summed E-state index contributed by atoms with van der Waals surface area (Å²) in [6.45, 7) is 1.59. The van der Waals surface area contributed by atoms with E-state index in [0.29, 0.717) is 39.7 Å². The first kappa shape index (κ1) is 24.7. The van der Waals surface area contributed by atoms with Crippen LogP contribution in [0.3, 0.4) is 0 Å². The summed E-state index contributed by atoms with van der Waals surface area (Å²) in [6, 6.07) is 16.7. The van der Waals surface area contributed by atoms with Crippen LogP contribution in [-0.2, 0) is 18.4 Å². The lowest BCUT2D eigenvalue weighted by atomic mass is 10.1. The van der Waals surface area contributed by atoms with Crippen LogP contribution in [-0.4, -0.2) is 32.3 Å². The smallest absolute Gasteiger partial charge is 0.336 e. The Morgan fingerprint density at radius 3 is 2.50 bits per heavy atom. The van der Waals surface area contributed by atoms with Crippen molar-refractivity contribution < 1.29 is 29.2 Å². The van der Waals surface area contributed by atoms with Gasteiger partial charge >= 0.3 is 5.97 Å². The van der Waals surface area contributed by atoms with Crippen molar-refractivity contribution in [3.05, 3.63) is 93.9 Å². The Bertz CT molecular complexity index is 1600. The number of aromatic nitrogens is 2. The Morgan fingerprint density at radius 1 is 1.08 bits per heavy atom. The van der Waals surface area contributed by atoms with Gasteiger partial charge < -0.3 is 29.7 Å². The zero-order valence-electron chi connectivity index (χ0n) is 20.7. The SMILES string of the molecule is Cc1cc(=O)n(-c2ccc(Nc3cc4c(cc3OC(=O)/C=C/c3ccc(O)c(CO)c3)OCO4)cc2)n1C. The molecule has 4 aromatic rings. The predicted octanol–water partition coefficient (Wildman–Crippen LogP) is 3.77. The fourth-order valence-electron chi connectivity index (χ4n) is 4.03. The van der Waals surface area contributed by atoms with Crippen LogP contribution in [0, 0.1) is 6.92 Å². The van der Waals surface area contributed by atoms with E-state index in [2.05, 4.69) is 5.32 Å². The summed E-state index contributed by atoms with van der Waals surface area (Å²) < 4.78 is 19.9. The van der Waals surface area contributed by atoms with Gasteiger partial charge in [0.05, 0.1) is 18.0 Å². The molecule has 3 aromatic carbocycles. The maximum absolute atomic E-state index is 12.6. The molecule has 1 aliphatic heterocycles. The molecule has 0 unspecified atom stereocenters. The zero-order chi connectivity index (χ0) is 26.8. The lowest BCUT2D eigenvalue weighted by Gasteiger charge is -2.14. The van der Waals surface area contributed by atoms with Gasteiger partial charge in [-0.3, -0.25) is 9.48 Å². The number of nitrogens with zero attached hydrogens (tertiary/aromatic N) is 2. The molecule has 0 fully saturated rings. The van der Waals surface area contributed by atoms with Crippen LogP contribution in [0.4, 0.5) is 11.4 Å². The third-order valence-electron chi connectivity index (χ3n) is 6.11. The lowest BCUT2D eigenvalue weighted by molar-refractivity contribution is -0.128. The standard InChI is InChI=1S/C28H25N3O7/c1-17-11-27(34)31(30(17)2)21-7-5-20(6-8-21)29-22-13-25-26(37-16-36-25)14-24(22)38-28(35)10-4-18-3-9-23(33)19(12-18)15-32/h3-14,29,32-33H,15-16H2,1-2H3/b10-4+. The molecule has 0 radical (unpaired) electrons. The number of fused-ring (bicyclic) bond motifs is 1. The van der Waals surface area contributed by atoms with Gasteiger partial charge in [-0.15, -0.1) is 0 Å². The van der Waals surface area contributed by atoms with Crippen LogP contribution in [0.2, 0.25) is 0 Å². The fourth-order valence-corrected chi connectivity index (χ4v) is 4.03. The highest BCUT2D eigenvalue weighted by atomic mass is 16.7. The van der Waals surface area contributed by atoms with Crippen LogP contribution < -0.4 is 25.1 Å². The highest BCUT2D eigenvalue weighted by molar-refractivity contribution is 5.90. The first-order valence-corrected chi connectivity index (χ1v) is 11.7. The Labute approximate surface area is 217 Å². The number of esters is 1. The Morgan fingerprint density at radius 2 is 1.82 bits per heavy atom. The van der Waals surface area contributed by atoms with Crippen LogP contribution in [0.1, 0.15) is 16.8 Å². The molecule has 38 heavy (non-hydrogen) atoms. The molecule has 0 bridgehead atoms. The van der Waals surface area contributed by atoms with E-state index in [0.717, 1.165) is 5.69 Å². The lowest BCUT2D eigenvalue weighted by Crippen LogP contribution is -2.19. The van der Waals surface area contributed by atoms with E-state index in [9.17, 15) is 19.8 Å². The second-order valence-corrected chi connectivity index (χ2v) is 8.63. The van der Waals surface area contributed by atoms with Crippen molar-refractivity contribution in [2.24, 2.45) is 7.05 Å². The molecule has 2 heterocycles. The van der Waals surface area contributed by atoms with Crippen molar-refractivity contribution in [2.45, 2.75) is 13.5 Å². The third-order valence-corrected chi connectivity index (χ3v) is 6.11. The number of aliphatic hydroxyl groups is 1. The quantitative estimate of drug-likeness (QED) is 0.193. The van der Waals surface area contributed by atoms with Crippen molar-refractivity contribution in [2.75, 3.05) is 12.1 Å². The van der Waals surface area contributed by atoms with Crippen LogP contribution in [0.25, 0.3) is 11.8 Å². The van der Waals surface area contributed by atoms with E-state index in [1.54, 1.807) is 39.7 Å². The van der Waals surface area contributed by atoms with Crippen LogP contribution >= 0.6 is 0 Å². The number of aliphatic hydroxyl groups excluding tert-OH is 1. The second-order valence-electron chi connectivity index (χ2n) is 8.63. The summed E-state index contributed by atoms with van der Waals surface area (Å²) >= 11 is 0. The number of anilines is 2. The van der Waals surface area contributed by atoms with Crippen molar-refractivity contribution >= 4 is 23.4 Å². The van der Waals surface area contributed by atoms with Gasteiger partial charge in [0, 0.05) is 48.3 Å². The van der Waals surface area contributed by atoms with E-state index in [1.807, 2.05) is 38.2 Å². The molecule has 10 nitrogen and oxygen atoms in total. The zero-order valence-corrected chi connectivity index (χ0v) is 20.7. The molecule has 0 spiro atoms. The minimum atomic E-state index is -0.640. The minimum absolute atomic E-state index is 0.0258. The molecule has 0 atom stereocenters. The predicted molar refractivity (Wildman–Crippen MR) is 140 cm³/mol. The Hall–Kier alpha value is -4.96. The van der Waals surface area contributed by atoms with Gasteiger partial charge in [0.2, 0.25) is 6.79 Å². The average Bonchev–Trinajstić information content (AvgIpc) is 3.46. The number of aryl methyl sites for hydroxylation is 1. The molecule has 5 rings (SSSR count). The molecular weight excluding hydrogens is 490 g/mol. The molecule has 0 saturated heterocycles. The normalized spacial score (nSPS) is 12.2. The van der Waals surface area contributed by atoms with Gasteiger partial charge in [-0.25, -0.2) is 9.48 Å². The monoisotopic (exact) mass is 515 g/mol. The fraction of sp³-hybridized carbons (Fsp3) is 0.143. The second kappa shape index (κ2) is 10.2. The minimum Gasteiger partial charge on any atom is -0.508 e. The van der Waals surface area contributed by atoms with Crippen molar-refractivity contribution in [3.8, 4) is 28.7 Å². The number of carbonyl (C=O) groups is 1. The molecule has 0 saturated carbocycles. The van der Waals surface area contributed by atoms with Gasteiger partial charge in [-0.05, 0) is 55.0 Å². The van der Waals surface area contributed by atoms with Gasteiger partial charge in [-0.1, -0.05) is 6.07 Å². The number of phenols is 1. The number of ether oxygens (including phenoxy) is 3. The van der Waals surface area contributed by atoms with Crippen LogP contribution in [0.15, 0.2) is 71.5 Å². The van der Waals surface area contributed by atoms with Gasteiger partial charge in [0.15, 0.2) is 17.2 Å². The molecule has 0 amide bonds.